The number of nitrogens with one attached hydrogen (secondary N) is 1. The number of amides is 1. The molecule has 0 aromatic heterocycles. The van der Waals surface area contributed by atoms with Crippen LogP contribution in [0, 0.1) is 10.1 Å². The first-order valence-corrected chi connectivity index (χ1v) is 6.93. The Bertz CT molecular complexity index is 641. The first-order chi connectivity index (χ1) is 9.60. The molecule has 0 heterocycles. The van der Waals surface area contributed by atoms with Gasteiger partial charge >= 0.3 is 0 Å². The molecular formula is C14H11BrN2O3. The van der Waals surface area contributed by atoms with Crippen LogP contribution in [0.1, 0.15) is 15.9 Å². The number of nitro benzene ring substituents is 1. The molecule has 0 radical (unpaired) electrons. The van der Waals surface area contributed by atoms with E-state index in [2.05, 4.69) is 21.2 Å². The molecule has 2 aromatic rings. The van der Waals surface area contributed by atoms with Crippen molar-refractivity contribution in [2.45, 2.75) is 5.33 Å². The third-order valence-electron chi connectivity index (χ3n) is 2.68. The first-order valence-electron chi connectivity index (χ1n) is 5.81. The highest BCUT2D eigenvalue weighted by atomic mass is 79.9. The van der Waals surface area contributed by atoms with Crippen molar-refractivity contribution in [3.8, 4) is 0 Å². The van der Waals surface area contributed by atoms with E-state index in [4.69, 9.17) is 0 Å². The van der Waals surface area contributed by atoms with Gasteiger partial charge in [0.1, 0.15) is 0 Å². The monoisotopic (exact) mass is 334 g/mol. The van der Waals surface area contributed by atoms with E-state index in [9.17, 15) is 14.9 Å². The maximum atomic E-state index is 12.0. The van der Waals surface area contributed by atoms with Gasteiger partial charge in [-0.25, -0.2) is 0 Å². The van der Waals surface area contributed by atoms with Gasteiger partial charge in [0.2, 0.25) is 0 Å². The van der Waals surface area contributed by atoms with Crippen LogP contribution in [0.25, 0.3) is 0 Å². The third kappa shape index (κ3) is 3.42. The average molecular weight is 335 g/mol. The van der Waals surface area contributed by atoms with Gasteiger partial charge in [0.25, 0.3) is 11.6 Å². The van der Waals surface area contributed by atoms with Crippen LogP contribution in [0.3, 0.4) is 0 Å². The molecule has 0 aliphatic carbocycles. The maximum absolute atomic E-state index is 12.0. The predicted octanol–water partition coefficient (Wildman–Crippen LogP) is 3.74. The molecule has 0 atom stereocenters. The molecule has 0 spiro atoms. The minimum Gasteiger partial charge on any atom is -0.322 e. The second-order valence-electron chi connectivity index (χ2n) is 4.09. The Morgan fingerprint density at radius 1 is 1.20 bits per heavy atom. The standard InChI is InChI=1S/C14H11BrN2O3/c15-9-10-2-1-3-12(8-10)16-14(18)11-4-6-13(7-5-11)17(19)20/h1-8H,9H2,(H,16,18). The Balaban J connectivity index is 2.13. The van der Waals surface area contributed by atoms with Crippen molar-refractivity contribution in [2.75, 3.05) is 5.32 Å². The van der Waals surface area contributed by atoms with Crippen LogP contribution in [0.2, 0.25) is 0 Å². The fraction of sp³-hybridized carbons (Fsp3) is 0.0714. The summed E-state index contributed by atoms with van der Waals surface area (Å²) >= 11 is 3.35. The molecule has 6 heteroatoms. The predicted molar refractivity (Wildman–Crippen MR) is 80.1 cm³/mol. The van der Waals surface area contributed by atoms with Crippen LogP contribution in [0.15, 0.2) is 48.5 Å². The molecule has 0 saturated heterocycles. The summed E-state index contributed by atoms with van der Waals surface area (Å²) in [6, 6.07) is 12.9. The van der Waals surface area contributed by atoms with E-state index in [1.54, 1.807) is 6.07 Å². The molecule has 0 aliphatic rings. The Kier molecular flexibility index (Phi) is 4.47. The molecule has 0 saturated carbocycles. The summed E-state index contributed by atoms with van der Waals surface area (Å²) in [6.45, 7) is 0. The SMILES string of the molecule is O=C(Nc1cccc(CBr)c1)c1ccc([N+](=O)[O-])cc1. The van der Waals surface area contributed by atoms with Crippen molar-refractivity contribution in [1.82, 2.24) is 0 Å². The molecular weight excluding hydrogens is 324 g/mol. The average Bonchev–Trinajstić information content (AvgIpc) is 2.47. The number of anilines is 1. The van der Waals surface area contributed by atoms with Gasteiger partial charge in [-0.15, -0.1) is 0 Å². The smallest absolute Gasteiger partial charge is 0.269 e. The highest BCUT2D eigenvalue weighted by Crippen LogP contribution is 2.16. The summed E-state index contributed by atoms with van der Waals surface area (Å²) in [5.74, 6) is -0.299. The number of rotatable bonds is 4. The summed E-state index contributed by atoms with van der Waals surface area (Å²) in [6.07, 6.45) is 0. The molecule has 0 fully saturated rings. The fourth-order valence-electron chi connectivity index (χ4n) is 1.67. The zero-order valence-corrected chi connectivity index (χ0v) is 12.0. The molecule has 1 N–H and O–H groups in total. The van der Waals surface area contributed by atoms with Crippen LogP contribution in [-0.4, -0.2) is 10.8 Å². The van der Waals surface area contributed by atoms with E-state index < -0.39 is 4.92 Å². The summed E-state index contributed by atoms with van der Waals surface area (Å²) in [4.78, 5) is 22.0. The van der Waals surface area contributed by atoms with Crippen molar-refractivity contribution >= 4 is 33.2 Å². The second-order valence-corrected chi connectivity index (χ2v) is 4.65. The van der Waals surface area contributed by atoms with Crippen LogP contribution in [0.4, 0.5) is 11.4 Å². The van der Waals surface area contributed by atoms with Crippen LogP contribution < -0.4 is 5.32 Å². The Morgan fingerprint density at radius 2 is 1.90 bits per heavy atom. The largest absolute Gasteiger partial charge is 0.322 e. The van der Waals surface area contributed by atoms with E-state index in [1.165, 1.54) is 24.3 Å². The van der Waals surface area contributed by atoms with E-state index in [-0.39, 0.29) is 11.6 Å². The topological polar surface area (TPSA) is 72.2 Å². The van der Waals surface area contributed by atoms with Crippen LogP contribution in [-0.2, 0) is 5.33 Å². The highest BCUT2D eigenvalue weighted by Gasteiger charge is 2.09. The van der Waals surface area contributed by atoms with Crippen molar-refractivity contribution in [3.05, 3.63) is 69.8 Å². The molecule has 0 unspecified atom stereocenters. The number of non-ortho nitro benzene ring substituents is 1. The Hall–Kier alpha value is -2.21. The summed E-state index contributed by atoms with van der Waals surface area (Å²) in [5, 5.41) is 14.0. The van der Waals surface area contributed by atoms with E-state index in [1.807, 2.05) is 18.2 Å². The highest BCUT2D eigenvalue weighted by molar-refractivity contribution is 9.08. The van der Waals surface area contributed by atoms with Gasteiger partial charge in [0, 0.05) is 28.7 Å². The lowest BCUT2D eigenvalue weighted by molar-refractivity contribution is -0.384. The number of benzene rings is 2. The lowest BCUT2D eigenvalue weighted by atomic mass is 10.1. The third-order valence-corrected chi connectivity index (χ3v) is 3.33. The van der Waals surface area contributed by atoms with Crippen molar-refractivity contribution in [3.63, 3.8) is 0 Å². The Labute approximate surface area is 123 Å². The van der Waals surface area contributed by atoms with E-state index >= 15 is 0 Å². The van der Waals surface area contributed by atoms with Crippen molar-refractivity contribution in [2.24, 2.45) is 0 Å². The maximum Gasteiger partial charge on any atom is 0.269 e. The minimum absolute atomic E-state index is 0.0390. The number of nitrogens with zero attached hydrogens (tertiary/aromatic N) is 1. The summed E-state index contributed by atoms with van der Waals surface area (Å²) in [7, 11) is 0. The summed E-state index contributed by atoms with van der Waals surface area (Å²) in [5.41, 5.74) is 2.07. The van der Waals surface area contributed by atoms with Gasteiger partial charge < -0.3 is 5.32 Å². The van der Waals surface area contributed by atoms with Gasteiger partial charge in [-0.2, -0.15) is 0 Å². The van der Waals surface area contributed by atoms with Gasteiger partial charge in [-0.05, 0) is 29.8 Å². The lowest BCUT2D eigenvalue weighted by Crippen LogP contribution is -2.11. The molecule has 0 aliphatic heterocycles. The zero-order valence-electron chi connectivity index (χ0n) is 10.4. The van der Waals surface area contributed by atoms with Gasteiger partial charge in [0.15, 0.2) is 0 Å². The summed E-state index contributed by atoms with van der Waals surface area (Å²) < 4.78 is 0. The van der Waals surface area contributed by atoms with Gasteiger partial charge in [0.05, 0.1) is 4.92 Å². The molecule has 20 heavy (non-hydrogen) atoms. The van der Waals surface area contributed by atoms with Crippen molar-refractivity contribution in [1.29, 1.82) is 0 Å². The van der Waals surface area contributed by atoms with Crippen molar-refractivity contribution < 1.29 is 9.72 Å². The second kappa shape index (κ2) is 6.29. The first kappa shape index (κ1) is 14.2. The number of carbonyl (C=O) groups is 1. The van der Waals surface area contributed by atoms with E-state index in [0.717, 1.165) is 5.56 Å². The zero-order chi connectivity index (χ0) is 14.5. The van der Waals surface area contributed by atoms with E-state index in [0.29, 0.717) is 16.6 Å². The minimum atomic E-state index is -0.499. The molecule has 1 amide bonds. The van der Waals surface area contributed by atoms with Gasteiger partial charge in [-0.3, -0.25) is 14.9 Å². The molecule has 5 nitrogen and oxygen atoms in total. The van der Waals surface area contributed by atoms with Crippen LogP contribution in [0.5, 0.6) is 0 Å². The Morgan fingerprint density at radius 3 is 2.50 bits per heavy atom. The fourth-order valence-corrected chi connectivity index (χ4v) is 2.02. The number of hydrogen-bond acceptors (Lipinski definition) is 3. The normalized spacial score (nSPS) is 10.1. The quantitative estimate of drug-likeness (QED) is 0.525. The lowest BCUT2D eigenvalue weighted by Gasteiger charge is -2.06. The molecule has 2 rings (SSSR count). The number of nitro groups is 1. The number of hydrogen-bond donors (Lipinski definition) is 1. The molecule has 0 bridgehead atoms. The van der Waals surface area contributed by atoms with Gasteiger partial charge in [-0.1, -0.05) is 28.1 Å². The number of halogens is 1. The number of carbonyl (C=O) groups excluding carboxylic acids is 1. The molecule has 2 aromatic carbocycles. The van der Waals surface area contributed by atoms with Crippen LogP contribution >= 0.6 is 15.9 Å². The number of alkyl halides is 1. The molecule has 102 valence electrons.